The third-order valence-corrected chi connectivity index (χ3v) is 3.75. The maximum absolute atomic E-state index is 11.2. The molecule has 0 spiro atoms. The Balaban J connectivity index is 2.82. The fourth-order valence-corrected chi connectivity index (χ4v) is 2.60. The summed E-state index contributed by atoms with van der Waals surface area (Å²) in [5.41, 5.74) is 0. The Labute approximate surface area is 104 Å². The largest absolute Gasteiger partial charge is 0.459 e. The van der Waals surface area contributed by atoms with E-state index in [1.165, 1.54) is 6.92 Å². The fourth-order valence-electron chi connectivity index (χ4n) is 2.60. The highest BCUT2D eigenvalue weighted by molar-refractivity contribution is 5.66. The summed E-state index contributed by atoms with van der Waals surface area (Å²) in [6.45, 7) is 11.6. The Hall–Kier alpha value is -0.830. The second-order valence-corrected chi connectivity index (χ2v) is 4.94. The lowest BCUT2D eigenvalue weighted by molar-refractivity contribution is -0.193. The van der Waals surface area contributed by atoms with Crippen molar-refractivity contribution >= 4 is 5.97 Å². The lowest BCUT2D eigenvalue weighted by Crippen LogP contribution is -2.50. The molecule has 5 atom stereocenters. The van der Waals surface area contributed by atoms with Gasteiger partial charge in [-0.25, -0.2) is 0 Å². The number of hydrogen-bond acceptors (Lipinski definition) is 3. The van der Waals surface area contributed by atoms with Crippen LogP contribution >= 0.6 is 0 Å². The molecule has 3 nitrogen and oxygen atoms in total. The van der Waals surface area contributed by atoms with Crippen LogP contribution < -0.4 is 0 Å². The van der Waals surface area contributed by atoms with E-state index in [4.69, 9.17) is 9.47 Å². The van der Waals surface area contributed by atoms with Crippen LogP contribution in [-0.4, -0.2) is 24.3 Å². The van der Waals surface area contributed by atoms with E-state index in [1.807, 2.05) is 6.08 Å². The molecule has 3 heteroatoms. The van der Waals surface area contributed by atoms with E-state index in [0.29, 0.717) is 11.8 Å². The van der Waals surface area contributed by atoms with Crippen LogP contribution in [0.3, 0.4) is 0 Å². The van der Waals surface area contributed by atoms with Crippen LogP contribution in [0.1, 0.15) is 40.5 Å². The highest BCUT2D eigenvalue weighted by Gasteiger charge is 2.41. The predicted molar refractivity (Wildman–Crippen MR) is 67.6 cm³/mol. The molecule has 1 rings (SSSR count). The molecule has 17 heavy (non-hydrogen) atoms. The van der Waals surface area contributed by atoms with Crippen LogP contribution in [0.5, 0.6) is 0 Å². The van der Waals surface area contributed by atoms with Crippen LogP contribution in [-0.2, 0) is 14.3 Å². The molecule has 1 saturated heterocycles. The highest BCUT2D eigenvalue weighted by atomic mass is 16.6. The van der Waals surface area contributed by atoms with Crippen molar-refractivity contribution in [1.29, 1.82) is 0 Å². The number of carbonyl (C=O) groups is 1. The van der Waals surface area contributed by atoms with E-state index >= 15 is 0 Å². The van der Waals surface area contributed by atoms with Crippen molar-refractivity contribution < 1.29 is 14.3 Å². The van der Waals surface area contributed by atoms with Crippen molar-refractivity contribution in [2.75, 3.05) is 0 Å². The minimum atomic E-state index is -0.235. The van der Waals surface area contributed by atoms with Crippen LogP contribution in [0.4, 0.5) is 0 Å². The summed E-state index contributed by atoms with van der Waals surface area (Å²) < 4.78 is 11.4. The zero-order valence-electron chi connectivity index (χ0n) is 11.3. The number of ether oxygens (including phenoxy) is 2. The van der Waals surface area contributed by atoms with Gasteiger partial charge in [0.15, 0.2) is 0 Å². The first-order valence-electron chi connectivity index (χ1n) is 6.44. The summed E-state index contributed by atoms with van der Waals surface area (Å²) in [6.07, 6.45) is 3.60. The number of carbonyl (C=O) groups excluding carboxylic acids is 1. The van der Waals surface area contributed by atoms with Gasteiger partial charge in [0, 0.05) is 12.8 Å². The first-order valence-corrected chi connectivity index (χ1v) is 6.44. The summed E-state index contributed by atoms with van der Waals surface area (Å²) in [5, 5.41) is 0. The molecular formula is C14H24O3. The smallest absolute Gasteiger partial charge is 0.303 e. The molecule has 0 unspecified atom stereocenters. The molecule has 1 aliphatic rings. The minimum Gasteiger partial charge on any atom is -0.459 e. The zero-order valence-corrected chi connectivity index (χ0v) is 11.3. The summed E-state index contributed by atoms with van der Waals surface area (Å²) in [4.78, 5) is 11.2. The van der Waals surface area contributed by atoms with E-state index in [2.05, 4.69) is 27.4 Å². The first kappa shape index (κ1) is 14.2. The van der Waals surface area contributed by atoms with Gasteiger partial charge < -0.3 is 9.47 Å². The Morgan fingerprint density at radius 1 is 1.35 bits per heavy atom. The molecule has 0 bridgehead atoms. The van der Waals surface area contributed by atoms with Gasteiger partial charge in [-0.15, -0.1) is 6.58 Å². The van der Waals surface area contributed by atoms with Gasteiger partial charge in [-0.05, 0) is 18.8 Å². The number of esters is 1. The lowest BCUT2D eigenvalue weighted by atomic mass is 9.79. The normalized spacial score (nSPS) is 37.5. The molecule has 0 aromatic rings. The number of hydrogen-bond donors (Lipinski definition) is 0. The van der Waals surface area contributed by atoms with Crippen molar-refractivity contribution in [2.45, 2.75) is 58.8 Å². The summed E-state index contributed by atoms with van der Waals surface area (Å²) >= 11 is 0. The molecule has 0 N–H and O–H groups in total. The third kappa shape index (κ3) is 3.32. The summed E-state index contributed by atoms with van der Waals surface area (Å²) in [7, 11) is 0. The molecule has 0 aromatic heterocycles. The minimum absolute atomic E-state index is 0.0486. The van der Waals surface area contributed by atoms with Gasteiger partial charge in [-0.2, -0.15) is 0 Å². The van der Waals surface area contributed by atoms with Gasteiger partial charge in [0.05, 0.1) is 12.2 Å². The maximum atomic E-state index is 11.2. The van der Waals surface area contributed by atoms with E-state index in [1.54, 1.807) is 0 Å². The quantitative estimate of drug-likeness (QED) is 0.560. The molecular weight excluding hydrogens is 216 g/mol. The van der Waals surface area contributed by atoms with Gasteiger partial charge in [-0.1, -0.05) is 26.8 Å². The second kappa shape index (κ2) is 6.20. The van der Waals surface area contributed by atoms with Gasteiger partial charge in [0.25, 0.3) is 0 Å². The standard InChI is InChI=1S/C14H24O3/c1-6-8-13-14(16-11(5)15)10(4)9(3)12(7-2)17-13/h6,9-10,12-14H,1,7-8H2,2-5H3/t9-,10-,12+,13+,14-/m0/s1. The Morgan fingerprint density at radius 2 is 2.00 bits per heavy atom. The van der Waals surface area contributed by atoms with Gasteiger partial charge in [-0.3, -0.25) is 4.79 Å². The Bertz CT molecular complexity index is 275. The van der Waals surface area contributed by atoms with E-state index in [9.17, 15) is 4.79 Å². The van der Waals surface area contributed by atoms with E-state index < -0.39 is 0 Å². The predicted octanol–water partition coefficient (Wildman–Crippen LogP) is 2.94. The number of rotatable bonds is 4. The molecule has 0 saturated carbocycles. The van der Waals surface area contributed by atoms with Crippen molar-refractivity contribution in [3.8, 4) is 0 Å². The Morgan fingerprint density at radius 3 is 2.47 bits per heavy atom. The topological polar surface area (TPSA) is 35.5 Å². The van der Waals surface area contributed by atoms with Crippen LogP contribution in [0.2, 0.25) is 0 Å². The van der Waals surface area contributed by atoms with Gasteiger partial charge >= 0.3 is 5.97 Å². The lowest BCUT2D eigenvalue weighted by Gasteiger charge is -2.44. The van der Waals surface area contributed by atoms with Crippen molar-refractivity contribution in [3.05, 3.63) is 12.7 Å². The monoisotopic (exact) mass is 240 g/mol. The average molecular weight is 240 g/mol. The Kier molecular flexibility index (Phi) is 5.19. The van der Waals surface area contributed by atoms with Gasteiger partial charge in [0.1, 0.15) is 6.10 Å². The molecule has 98 valence electrons. The molecule has 0 aliphatic carbocycles. The van der Waals surface area contributed by atoms with Crippen LogP contribution in [0.25, 0.3) is 0 Å². The SMILES string of the molecule is C=CC[C@H]1O[C@H](CC)[C@@H](C)[C@H](C)[C@@H]1OC(C)=O. The molecule has 0 radical (unpaired) electrons. The molecule has 1 heterocycles. The third-order valence-electron chi connectivity index (χ3n) is 3.75. The molecule has 0 aromatic carbocycles. The van der Waals surface area contributed by atoms with Gasteiger partial charge in [0.2, 0.25) is 0 Å². The molecule has 1 fully saturated rings. The first-order chi connectivity index (χ1) is 8.01. The molecule has 0 amide bonds. The maximum Gasteiger partial charge on any atom is 0.303 e. The highest BCUT2D eigenvalue weighted by Crippen LogP contribution is 2.35. The molecule has 1 aliphatic heterocycles. The fraction of sp³-hybridized carbons (Fsp3) is 0.786. The van der Waals surface area contributed by atoms with E-state index in [0.717, 1.165) is 12.8 Å². The van der Waals surface area contributed by atoms with Crippen molar-refractivity contribution in [3.63, 3.8) is 0 Å². The summed E-state index contributed by atoms with van der Waals surface area (Å²) in [6, 6.07) is 0. The summed E-state index contributed by atoms with van der Waals surface area (Å²) in [5.74, 6) is 0.495. The van der Waals surface area contributed by atoms with Crippen LogP contribution in [0, 0.1) is 11.8 Å². The van der Waals surface area contributed by atoms with E-state index in [-0.39, 0.29) is 24.3 Å². The average Bonchev–Trinajstić information content (AvgIpc) is 2.28. The van der Waals surface area contributed by atoms with Crippen LogP contribution in [0.15, 0.2) is 12.7 Å². The van der Waals surface area contributed by atoms with Crippen molar-refractivity contribution in [1.82, 2.24) is 0 Å². The van der Waals surface area contributed by atoms with Crippen molar-refractivity contribution in [2.24, 2.45) is 11.8 Å². The zero-order chi connectivity index (χ0) is 13.0. The second-order valence-electron chi connectivity index (χ2n) is 4.94.